The molecule has 0 amide bonds. The van der Waals surface area contributed by atoms with Gasteiger partial charge in [-0.2, -0.15) is 0 Å². The fourth-order valence-electron chi connectivity index (χ4n) is 1.76. The summed E-state index contributed by atoms with van der Waals surface area (Å²) in [5.41, 5.74) is 0.632. The van der Waals surface area contributed by atoms with Crippen LogP contribution in [-0.2, 0) is 4.74 Å². The predicted molar refractivity (Wildman–Crippen MR) is 77.8 cm³/mol. The molecule has 0 saturated carbocycles. The minimum absolute atomic E-state index is 0.00236. The average molecular weight is 267 g/mol. The second kappa shape index (κ2) is 7.61. The summed E-state index contributed by atoms with van der Waals surface area (Å²) in [7, 11) is 0. The minimum Gasteiger partial charge on any atom is -0.372 e. The molecule has 0 saturated heterocycles. The van der Waals surface area contributed by atoms with E-state index in [0.717, 1.165) is 12.8 Å². The second-order valence-corrected chi connectivity index (χ2v) is 5.87. The normalized spacial score (nSPS) is 13.5. The first kappa shape index (κ1) is 16.1. The fourth-order valence-corrected chi connectivity index (χ4v) is 1.76. The molecule has 108 valence electrons. The summed E-state index contributed by atoms with van der Waals surface area (Å²) in [5.74, 6) is -0.195. The zero-order valence-electron chi connectivity index (χ0n) is 12.5. The number of hydrogen-bond donors (Lipinski definition) is 1. The molecule has 0 aliphatic heterocycles. The molecule has 0 aliphatic carbocycles. The van der Waals surface area contributed by atoms with Gasteiger partial charge in [-0.1, -0.05) is 31.5 Å². The fraction of sp³-hybridized carbons (Fsp3) is 0.625. The largest absolute Gasteiger partial charge is 0.372 e. The molecule has 1 aromatic carbocycles. The summed E-state index contributed by atoms with van der Waals surface area (Å²) in [4.78, 5) is 0. The van der Waals surface area contributed by atoms with Gasteiger partial charge in [0.05, 0.1) is 6.10 Å². The summed E-state index contributed by atoms with van der Waals surface area (Å²) in [6.45, 7) is 9.69. The highest BCUT2D eigenvalue weighted by molar-refractivity contribution is 5.20. The predicted octanol–water partition coefficient (Wildman–Crippen LogP) is 4.07. The maximum Gasteiger partial charge on any atom is 0.129 e. The zero-order valence-corrected chi connectivity index (χ0v) is 12.5. The smallest absolute Gasteiger partial charge is 0.129 e. The number of nitrogens with one attached hydrogen (secondary N) is 1. The van der Waals surface area contributed by atoms with Crippen LogP contribution in [-0.4, -0.2) is 18.7 Å². The SMILES string of the molecule is CCCCOC(CNC(C)(C)C)c1ccccc1F. The molecule has 0 radical (unpaired) electrons. The monoisotopic (exact) mass is 267 g/mol. The summed E-state index contributed by atoms with van der Waals surface area (Å²) in [6.07, 6.45) is 1.85. The van der Waals surface area contributed by atoms with Crippen molar-refractivity contribution in [2.45, 2.75) is 52.2 Å². The van der Waals surface area contributed by atoms with Crippen LogP contribution in [0.15, 0.2) is 24.3 Å². The summed E-state index contributed by atoms with van der Waals surface area (Å²) < 4.78 is 19.7. The molecule has 1 N–H and O–H groups in total. The summed E-state index contributed by atoms with van der Waals surface area (Å²) in [5, 5.41) is 3.38. The molecule has 1 aromatic rings. The lowest BCUT2D eigenvalue weighted by Gasteiger charge is -2.26. The van der Waals surface area contributed by atoms with Crippen LogP contribution < -0.4 is 5.32 Å². The van der Waals surface area contributed by atoms with Crippen molar-refractivity contribution in [3.8, 4) is 0 Å². The second-order valence-electron chi connectivity index (χ2n) is 5.87. The number of ether oxygens (including phenoxy) is 1. The molecule has 1 atom stereocenters. The molecule has 3 heteroatoms. The Morgan fingerprint density at radius 1 is 1.26 bits per heavy atom. The van der Waals surface area contributed by atoms with Crippen molar-refractivity contribution < 1.29 is 9.13 Å². The maximum atomic E-state index is 13.9. The first-order valence-corrected chi connectivity index (χ1v) is 7.05. The Morgan fingerprint density at radius 2 is 1.95 bits per heavy atom. The highest BCUT2D eigenvalue weighted by Gasteiger charge is 2.18. The molecule has 0 bridgehead atoms. The summed E-state index contributed by atoms with van der Waals surface area (Å²) in [6, 6.07) is 6.85. The Kier molecular flexibility index (Phi) is 6.46. The Morgan fingerprint density at radius 3 is 2.53 bits per heavy atom. The van der Waals surface area contributed by atoms with E-state index in [0.29, 0.717) is 18.7 Å². The van der Waals surface area contributed by atoms with Gasteiger partial charge in [-0.25, -0.2) is 4.39 Å². The molecule has 1 rings (SSSR count). The van der Waals surface area contributed by atoms with Gasteiger partial charge in [-0.05, 0) is 33.3 Å². The minimum atomic E-state index is -0.230. The molecule has 0 spiro atoms. The van der Waals surface area contributed by atoms with E-state index in [1.165, 1.54) is 6.07 Å². The summed E-state index contributed by atoms with van der Waals surface area (Å²) >= 11 is 0. The van der Waals surface area contributed by atoms with Gasteiger partial charge in [0.15, 0.2) is 0 Å². The van der Waals surface area contributed by atoms with E-state index in [-0.39, 0.29) is 17.5 Å². The van der Waals surface area contributed by atoms with Gasteiger partial charge in [0, 0.05) is 24.3 Å². The molecule has 19 heavy (non-hydrogen) atoms. The van der Waals surface area contributed by atoms with Gasteiger partial charge in [0.1, 0.15) is 5.82 Å². The van der Waals surface area contributed by atoms with Crippen molar-refractivity contribution in [1.29, 1.82) is 0 Å². The van der Waals surface area contributed by atoms with E-state index < -0.39 is 0 Å². The number of halogens is 1. The first-order valence-electron chi connectivity index (χ1n) is 7.05. The third-order valence-corrected chi connectivity index (χ3v) is 2.89. The Hall–Kier alpha value is -0.930. The number of rotatable bonds is 7. The number of unbranched alkanes of at least 4 members (excludes halogenated alkanes) is 1. The lowest BCUT2D eigenvalue weighted by atomic mass is 10.1. The van der Waals surface area contributed by atoms with E-state index in [4.69, 9.17) is 4.74 Å². The third-order valence-electron chi connectivity index (χ3n) is 2.89. The van der Waals surface area contributed by atoms with E-state index in [1.54, 1.807) is 12.1 Å². The highest BCUT2D eigenvalue weighted by atomic mass is 19.1. The third kappa shape index (κ3) is 6.17. The molecule has 2 nitrogen and oxygen atoms in total. The van der Waals surface area contributed by atoms with Crippen molar-refractivity contribution in [2.75, 3.05) is 13.2 Å². The maximum absolute atomic E-state index is 13.9. The Bertz CT molecular complexity index is 373. The van der Waals surface area contributed by atoms with Gasteiger partial charge >= 0.3 is 0 Å². The standard InChI is InChI=1S/C16H26FNO/c1-5-6-11-19-15(12-18-16(2,3)4)13-9-7-8-10-14(13)17/h7-10,15,18H,5-6,11-12H2,1-4H3. The van der Waals surface area contributed by atoms with Crippen molar-refractivity contribution in [3.63, 3.8) is 0 Å². The van der Waals surface area contributed by atoms with Crippen molar-refractivity contribution in [2.24, 2.45) is 0 Å². The van der Waals surface area contributed by atoms with Crippen molar-refractivity contribution in [3.05, 3.63) is 35.6 Å². The average Bonchev–Trinajstić information content (AvgIpc) is 2.33. The molecular formula is C16H26FNO. The van der Waals surface area contributed by atoms with Crippen LogP contribution in [0.3, 0.4) is 0 Å². The van der Waals surface area contributed by atoms with E-state index in [1.807, 2.05) is 6.07 Å². The van der Waals surface area contributed by atoms with Crippen LogP contribution in [0.4, 0.5) is 4.39 Å². The molecule has 0 fully saturated rings. The van der Waals surface area contributed by atoms with Crippen LogP contribution in [0.5, 0.6) is 0 Å². The van der Waals surface area contributed by atoms with Crippen LogP contribution in [0.1, 0.15) is 52.2 Å². The number of benzene rings is 1. The quantitative estimate of drug-likeness (QED) is 0.752. The lowest BCUT2D eigenvalue weighted by Crippen LogP contribution is -2.39. The van der Waals surface area contributed by atoms with E-state index in [9.17, 15) is 4.39 Å². The molecular weight excluding hydrogens is 241 g/mol. The highest BCUT2D eigenvalue weighted by Crippen LogP contribution is 2.21. The Balaban J connectivity index is 2.71. The van der Waals surface area contributed by atoms with Crippen molar-refractivity contribution >= 4 is 0 Å². The van der Waals surface area contributed by atoms with Crippen LogP contribution in [0, 0.1) is 5.82 Å². The molecule has 0 heterocycles. The molecule has 0 aliphatic rings. The molecule has 0 aromatic heterocycles. The topological polar surface area (TPSA) is 21.3 Å². The molecule has 1 unspecified atom stereocenters. The zero-order chi connectivity index (χ0) is 14.3. The lowest BCUT2D eigenvalue weighted by molar-refractivity contribution is 0.0441. The van der Waals surface area contributed by atoms with Crippen LogP contribution in [0.2, 0.25) is 0 Å². The Labute approximate surface area is 116 Å². The van der Waals surface area contributed by atoms with Crippen LogP contribution >= 0.6 is 0 Å². The van der Waals surface area contributed by atoms with E-state index in [2.05, 4.69) is 33.0 Å². The van der Waals surface area contributed by atoms with Gasteiger partial charge in [0.25, 0.3) is 0 Å². The van der Waals surface area contributed by atoms with Crippen LogP contribution in [0.25, 0.3) is 0 Å². The van der Waals surface area contributed by atoms with Gasteiger partial charge in [-0.3, -0.25) is 0 Å². The first-order chi connectivity index (χ1) is 8.94. The van der Waals surface area contributed by atoms with Crippen molar-refractivity contribution in [1.82, 2.24) is 5.32 Å². The van der Waals surface area contributed by atoms with E-state index >= 15 is 0 Å². The van der Waals surface area contributed by atoms with Gasteiger partial charge in [0.2, 0.25) is 0 Å². The number of hydrogen-bond acceptors (Lipinski definition) is 2. The van der Waals surface area contributed by atoms with Gasteiger partial charge in [-0.15, -0.1) is 0 Å². The van der Waals surface area contributed by atoms with Gasteiger partial charge < -0.3 is 10.1 Å².